The monoisotopic (exact) mass is 1120 g/mol. The lowest BCUT2D eigenvalue weighted by Gasteiger charge is -2.15. The predicted octanol–water partition coefficient (Wildman–Crippen LogP) is 6.97. The number of carbonyl (C=O) groups is 4. The second kappa shape index (κ2) is 28.4. The molecule has 0 bridgehead atoms. The first-order valence-corrected chi connectivity index (χ1v) is 27.7. The zero-order valence-corrected chi connectivity index (χ0v) is 47.7. The topological polar surface area (TPSA) is 299 Å². The number of carboxylic acids is 1. The standard InChI is InChI=1S/C30H35N9O2.C24H26N8O.C6H11NO2/c1-4-6-20-12-14-32-24(17-20)35-30(41)22-10-8-21(9-11-22)27-26-28(31)33-19-34-29(26)39(36-27)23-13-16-38(18-23)25(40)7-5-15-37(2)3;1-2-3-15-8-11-27-19(12-15)30-24(33)17-6-4-16(5-7-17)21-20-22(25)28-14-29-23(20)32(31-21)18-9-10-26-13-18;1-7(2)5-3-4-6(8)9/h5,7-12,14,17,19,23H,4,6,13,15-16,18H2,1-3H3,(H2,31,33,34)(H,32,35,41);4-8,11-12,14,18,26H,2-3,9-10,13H2,1H3,(H2,25,28,29)(H,27,30,33);3-4H,5H2,1-2H3,(H,8,9)/b7-5+;;4-3+/t23-;18-;/m11./s1. The first kappa shape index (κ1) is 59.8. The van der Waals surface area contributed by atoms with Crippen LogP contribution in [-0.2, 0) is 22.4 Å². The summed E-state index contributed by atoms with van der Waals surface area (Å²) in [5, 5.41) is 28.4. The number of carboxylic acid groups (broad SMARTS) is 1. The summed E-state index contributed by atoms with van der Waals surface area (Å²) < 4.78 is 3.80. The third-order valence-electron chi connectivity index (χ3n) is 13.7. The van der Waals surface area contributed by atoms with E-state index in [1.807, 2.05) is 107 Å². The Morgan fingerprint density at radius 3 is 1.58 bits per heavy atom. The van der Waals surface area contributed by atoms with Crippen molar-refractivity contribution in [2.24, 2.45) is 0 Å². The molecule has 2 aliphatic rings. The van der Waals surface area contributed by atoms with E-state index in [2.05, 4.69) is 59.7 Å². The first-order chi connectivity index (χ1) is 40.1. The van der Waals surface area contributed by atoms with Gasteiger partial charge in [-0.25, -0.2) is 44.1 Å². The van der Waals surface area contributed by atoms with Crippen molar-refractivity contribution in [2.45, 2.75) is 64.5 Å². The fraction of sp³-hybridized carbons (Fsp3) is 0.333. The largest absolute Gasteiger partial charge is 0.478 e. The fourth-order valence-corrected chi connectivity index (χ4v) is 9.64. The van der Waals surface area contributed by atoms with E-state index >= 15 is 0 Å². The van der Waals surface area contributed by atoms with Gasteiger partial charge in [0.1, 0.15) is 47.3 Å². The number of nitrogen functional groups attached to an aromatic ring is 2. The van der Waals surface area contributed by atoms with Gasteiger partial charge in [-0.05, 0) is 120 Å². The van der Waals surface area contributed by atoms with Gasteiger partial charge >= 0.3 is 5.97 Å². The Morgan fingerprint density at radius 2 is 1.13 bits per heavy atom. The number of fused-ring (bicyclic) bond motifs is 2. The summed E-state index contributed by atoms with van der Waals surface area (Å²) in [6.07, 6.45) is 18.2. The van der Waals surface area contributed by atoms with E-state index in [9.17, 15) is 19.2 Å². The van der Waals surface area contributed by atoms with Crippen LogP contribution >= 0.6 is 0 Å². The van der Waals surface area contributed by atoms with E-state index in [-0.39, 0.29) is 29.8 Å². The lowest BCUT2D eigenvalue weighted by Crippen LogP contribution is -2.28. The highest BCUT2D eigenvalue weighted by atomic mass is 16.4. The van der Waals surface area contributed by atoms with Gasteiger partial charge in [0.15, 0.2) is 11.3 Å². The highest BCUT2D eigenvalue weighted by Crippen LogP contribution is 2.35. The van der Waals surface area contributed by atoms with Crippen LogP contribution in [0, 0.1) is 0 Å². The summed E-state index contributed by atoms with van der Waals surface area (Å²) in [5.41, 5.74) is 20.2. The third kappa shape index (κ3) is 15.6. The van der Waals surface area contributed by atoms with Crippen molar-refractivity contribution < 1.29 is 24.3 Å². The van der Waals surface area contributed by atoms with E-state index in [0.29, 0.717) is 77.3 Å². The van der Waals surface area contributed by atoms with Gasteiger partial charge in [-0.3, -0.25) is 14.4 Å². The maximum absolute atomic E-state index is 12.9. The molecule has 432 valence electrons. The van der Waals surface area contributed by atoms with Crippen LogP contribution in [0.4, 0.5) is 23.3 Å². The van der Waals surface area contributed by atoms with E-state index in [4.69, 9.17) is 26.8 Å². The van der Waals surface area contributed by atoms with E-state index in [1.165, 1.54) is 12.7 Å². The molecule has 8 aromatic rings. The fourth-order valence-electron chi connectivity index (χ4n) is 9.64. The van der Waals surface area contributed by atoms with Crippen molar-refractivity contribution in [1.29, 1.82) is 0 Å². The maximum atomic E-state index is 12.9. The molecule has 2 fully saturated rings. The molecule has 0 unspecified atom stereocenters. The minimum absolute atomic E-state index is 0.0127. The number of hydrogen-bond acceptors (Lipinski definition) is 17. The van der Waals surface area contributed by atoms with Crippen molar-refractivity contribution in [2.75, 3.05) is 89.6 Å². The number of carbonyl (C=O) groups excluding carboxylic acids is 3. The third-order valence-corrected chi connectivity index (χ3v) is 13.7. The number of likely N-dealkylation sites (tertiary alicyclic amines) is 1. The molecule has 23 nitrogen and oxygen atoms in total. The number of nitrogens with two attached hydrogens (primary N) is 2. The number of anilines is 4. The molecule has 8 heterocycles. The number of aryl methyl sites for hydroxylation is 2. The highest BCUT2D eigenvalue weighted by molar-refractivity contribution is 6.06. The van der Waals surface area contributed by atoms with Gasteiger partial charge in [-0.2, -0.15) is 10.2 Å². The van der Waals surface area contributed by atoms with Gasteiger partial charge in [0.25, 0.3) is 11.8 Å². The van der Waals surface area contributed by atoms with Gasteiger partial charge in [0.2, 0.25) is 5.91 Å². The Morgan fingerprint density at radius 1 is 0.651 bits per heavy atom. The van der Waals surface area contributed by atoms with Crippen LogP contribution in [0.25, 0.3) is 44.6 Å². The molecule has 0 spiro atoms. The van der Waals surface area contributed by atoms with Crippen molar-refractivity contribution in [3.05, 3.63) is 144 Å². The predicted molar refractivity (Wildman–Crippen MR) is 322 cm³/mol. The number of aromatic nitrogens is 10. The quantitative estimate of drug-likeness (QED) is 0.0473. The van der Waals surface area contributed by atoms with Gasteiger partial charge in [0.05, 0.1) is 22.9 Å². The minimum Gasteiger partial charge on any atom is -0.478 e. The first-order valence-electron chi connectivity index (χ1n) is 27.7. The molecule has 83 heavy (non-hydrogen) atoms. The number of nitrogens with zero attached hydrogens (tertiary/aromatic N) is 13. The van der Waals surface area contributed by atoms with Crippen molar-refractivity contribution >= 4 is 69.0 Å². The summed E-state index contributed by atoms with van der Waals surface area (Å²) in [4.78, 5) is 79.8. The minimum atomic E-state index is -0.892. The number of hydrogen-bond donors (Lipinski definition) is 6. The number of rotatable bonds is 18. The molecule has 2 saturated heterocycles. The number of pyridine rings is 2. The molecule has 23 heteroatoms. The summed E-state index contributed by atoms with van der Waals surface area (Å²) in [7, 11) is 7.68. The van der Waals surface area contributed by atoms with Gasteiger partial charge in [-0.1, -0.05) is 63.1 Å². The average Bonchev–Trinajstić information content (AvgIpc) is 2.88. The number of nitrogens with one attached hydrogen (secondary N) is 3. The zero-order valence-electron chi connectivity index (χ0n) is 47.7. The van der Waals surface area contributed by atoms with E-state index in [0.717, 1.165) is 96.7 Å². The number of amides is 3. The molecule has 10 rings (SSSR count). The Bertz CT molecular complexity index is 3590. The Balaban J connectivity index is 0.000000192. The number of benzene rings is 2. The molecule has 0 saturated carbocycles. The van der Waals surface area contributed by atoms with Crippen molar-refractivity contribution in [1.82, 2.24) is 69.5 Å². The molecule has 3 amide bonds. The maximum Gasteiger partial charge on any atom is 0.328 e. The second-order valence-corrected chi connectivity index (χ2v) is 20.7. The molecule has 2 aliphatic heterocycles. The average molecular weight is 1130 g/mol. The van der Waals surface area contributed by atoms with Crippen LogP contribution in [0.5, 0.6) is 0 Å². The van der Waals surface area contributed by atoms with E-state index in [1.54, 1.807) is 48.8 Å². The summed E-state index contributed by atoms with van der Waals surface area (Å²) >= 11 is 0. The van der Waals surface area contributed by atoms with Gasteiger partial charge < -0.3 is 47.2 Å². The second-order valence-electron chi connectivity index (χ2n) is 20.7. The van der Waals surface area contributed by atoms with Crippen LogP contribution in [0.15, 0.2) is 122 Å². The Labute approximate surface area is 482 Å². The van der Waals surface area contributed by atoms with E-state index < -0.39 is 5.97 Å². The van der Waals surface area contributed by atoms with Crippen LogP contribution in [-0.4, -0.2) is 160 Å². The molecule has 6 aromatic heterocycles. The van der Waals surface area contributed by atoms with Gasteiger partial charge in [-0.15, -0.1) is 0 Å². The SMILES string of the molecule is CCCc1ccnc(NC(=O)c2ccc(-c3nn([C@@H]4CCN(C(=O)/C=C/CN(C)C)C4)c4ncnc(N)c34)cc2)c1.CCCc1ccnc(NC(=O)c2ccc(-c3nn([C@@H]4CCNC4)c4ncnc(N)c34)cc2)c1.CN(C)C/C=C/C(=O)O. The van der Waals surface area contributed by atoms with Crippen molar-refractivity contribution in [3.63, 3.8) is 0 Å². The smallest absolute Gasteiger partial charge is 0.328 e. The molecule has 0 radical (unpaired) electrons. The molecule has 0 aliphatic carbocycles. The number of likely N-dealkylation sites (N-methyl/N-ethyl adjacent to an activating group) is 2. The Kier molecular flexibility index (Phi) is 20.5. The molecular weight excluding hydrogens is 1050 g/mol. The molecule has 8 N–H and O–H groups in total. The summed E-state index contributed by atoms with van der Waals surface area (Å²) in [5.74, 6) is 0.440. The molecular formula is C60H72N18O5. The van der Waals surface area contributed by atoms with Crippen LogP contribution < -0.4 is 27.4 Å². The van der Waals surface area contributed by atoms with Crippen LogP contribution in [0.1, 0.15) is 83.5 Å². The molecule has 2 atom stereocenters. The number of aliphatic carboxylic acids is 1. The van der Waals surface area contributed by atoms with Gasteiger partial charge in [0, 0.05) is 79.5 Å². The molecule has 2 aromatic carbocycles. The lowest BCUT2D eigenvalue weighted by molar-refractivity contribution is -0.131. The zero-order chi connectivity index (χ0) is 59.0. The lowest BCUT2D eigenvalue weighted by atomic mass is 10.1. The van der Waals surface area contributed by atoms with Crippen molar-refractivity contribution in [3.8, 4) is 22.5 Å². The highest BCUT2D eigenvalue weighted by Gasteiger charge is 2.31. The Hall–Kier alpha value is -9.32. The summed E-state index contributed by atoms with van der Waals surface area (Å²) in [6, 6.07) is 22.4. The van der Waals surface area contributed by atoms with Crippen LogP contribution in [0.2, 0.25) is 0 Å². The van der Waals surface area contributed by atoms with Crippen LogP contribution in [0.3, 0.4) is 0 Å². The summed E-state index contributed by atoms with van der Waals surface area (Å²) in [6.45, 7) is 8.56. The normalized spacial score (nSPS) is 15.0.